The third-order valence-corrected chi connectivity index (χ3v) is 6.27. The van der Waals surface area contributed by atoms with Gasteiger partial charge in [0.15, 0.2) is 0 Å². The van der Waals surface area contributed by atoms with Crippen molar-refractivity contribution in [2.75, 3.05) is 25.1 Å². The van der Waals surface area contributed by atoms with Gasteiger partial charge in [0.2, 0.25) is 5.91 Å². The molecule has 7 heteroatoms. The molecule has 0 bridgehead atoms. The topological polar surface area (TPSA) is 45.6 Å². The number of hydrogen-bond donors (Lipinski definition) is 0. The Hall–Kier alpha value is -1.05. The number of aliphatic imine (C=N–C) groups is 1. The first-order valence-corrected chi connectivity index (χ1v) is 9.39. The molecule has 0 atom stereocenters. The standard InChI is InChI=1S/C14H15N3OS3/c1-17(13(18)9-20-14-15-6-7-19-14)8-12-16-10-4-2-3-5-11(10)21-12/h2-5H,6-9H2,1H3. The molecule has 1 amide bonds. The largest absolute Gasteiger partial charge is 0.338 e. The number of carbonyl (C=O) groups is 1. The average molecular weight is 337 g/mol. The van der Waals surface area contributed by atoms with Crippen LogP contribution < -0.4 is 0 Å². The van der Waals surface area contributed by atoms with Gasteiger partial charge in [0.25, 0.3) is 0 Å². The van der Waals surface area contributed by atoms with Crippen molar-refractivity contribution >= 4 is 55.4 Å². The molecular weight excluding hydrogens is 322 g/mol. The van der Waals surface area contributed by atoms with E-state index in [9.17, 15) is 4.79 Å². The fraction of sp³-hybridized carbons (Fsp3) is 0.357. The van der Waals surface area contributed by atoms with Crippen LogP contribution in [-0.2, 0) is 11.3 Å². The lowest BCUT2D eigenvalue weighted by Gasteiger charge is -2.15. The second-order valence-corrected chi connectivity index (χ2v) is 8.03. The van der Waals surface area contributed by atoms with Crippen LogP contribution in [0.1, 0.15) is 5.01 Å². The van der Waals surface area contributed by atoms with E-state index in [1.807, 2.05) is 25.2 Å². The van der Waals surface area contributed by atoms with E-state index >= 15 is 0 Å². The lowest BCUT2D eigenvalue weighted by atomic mass is 10.3. The summed E-state index contributed by atoms with van der Waals surface area (Å²) in [5, 5.41) is 0.977. The van der Waals surface area contributed by atoms with Gasteiger partial charge in [-0.1, -0.05) is 35.7 Å². The molecule has 1 aliphatic rings. The minimum absolute atomic E-state index is 0.120. The van der Waals surface area contributed by atoms with Crippen LogP contribution >= 0.6 is 34.9 Å². The quantitative estimate of drug-likeness (QED) is 0.860. The van der Waals surface area contributed by atoms with Crippen molar-refractivity contribution in [1.82, 2.24) is 9.88 Å². The fourth-order valence-corrected chi connectivity index (χ4v) is 4.89. The van der Waals surface area contributed by atoms with Crippen LogP contribution in [0.3, 0.4) is 0 Å². The van der Waals surface area contributed by atoms with Gasteiger partial charge in [0, 0.05) is 12.8 Å². The number of nitrogens with zero attached hydrogens (tertiary/aromatic N) is 3. The number of aromatic nitrogens is 1. The highest BCUT2D eigenvalue weighted by Crippen LogP contribution is 2.24. The SMILES string of the molecule is CN(Cc1nc2ccccc2s1)C(=O)CSC1=NCCS1. The van der Waals surface area contributed by atoms with Gasteiger partial charge in [-0.15, -0.1) is 11.3 Å². The van der Waals surface area contributed by atoms with Gasteiger partial charge in [-0.05, 0) is 12.1 Å². The number of para-hydroxylation sites is 1. The van der Waals surface area contributed by atoms with Gasteiger partial charge >= 0.3 is 0 Å². The first-order valence-electron chi connectivity index (χ1n) is 6.61. The first kappa shape index (κ1) is 14.9. The molecule has 0 spiro atoms. The molecule has 1 aromatic heterocycles. The molecule has 110 valence electrons. The van der Waals surface area contributed by atoms with Crippen molar-refractivity contribution in [3.05, 3.63) is 29.3 Å². The molecule has 0 saturated heterocycles. The second kappa shape index (κ2) is 6.81. The van der Waals surface area contributed by atoms with E-state index in [0.29, 0.717) is 12.3 Å². The summed E-state index contributed by atoms with van der Waals surface area (Å²) >= 11 is 4.92. The highest BCUT2D eigenvalue weighted by molar-refractivity contribution is 8.39. The van der Waals surface area contributed by atoms with Gasteiger partial charge in [-0.2, -0.15) is 0 Å². The number of thiazole rings is 1. The van der Waals surface area contributed by atoms with Crippen molar-refractivity contribution in [2.24, 2.45) is 4.99 Å². The van der Waals surface area contributed by atoms with Gasteiger partial charge < -0.3 is 4.90 Å². The monoisotopic (exact) mass is 337 g/mol. The van der Waals surface area contributed by atoms with Crippen LogP contribution in [0.5, 0.6) is 0 Å². The maximum absolute atomic E-state index is 12.1. The van der Waals surface area contributed by atoms with Gasteiger partial charge in [-0.25, -0.2) is 4.98 Å². The van der Waals surface area contributed by atoms with Crippen molar-refractivity contribution in [1.29, 1.82) is 0 Å². The Bertz CT molecular complexity index is 650. The molecule has 1 aromatic carbocycles. The number of rotatable bonds is 4. The van der Waals surface area contributed by atoms with E-state index in [4.69, 9.17) is 0 Å². The summed E-state index contributed by atoms with van der Waals surface area (Å²) < 4.78 is 2.20. The van der Waals surface area contributed by atoms with Crippen molar-refractivity contribution in [3.8, 4) is 0 Å². The lowest BCUT2D eigenvalue weighted by molar-refractivity contribution is -0.127. The Morgan fingerprint density at radius 3 is 3.05 bits per heavy atom. The summed E-state index contributed by atoms with van der Waals surface area (Å²) in [6.07, 6.45) is 0. The molecule has 1 aliphatic heterocycles. The molecule has 0 saturated carbocycles. The molecular formula is C14H15N3OS3. The average Bonchev–Trinajstić information content (AvgIpc) is 3.13. The fourth-order valence-electron chi connectivity index (χ4n) is 1.92. The van der Waals surface area contributed by atoms with Crippen molar-refractivity contribution in [2.45, 2.75) is 6.54 Å². The maximum Gasteiger partial charge on any atom is 0.233 e. The Labute approximate surface area is 136 Å². The van der Waals surface area contributed by atoms with Crippen molar-refractivity contribution in [3.63, 3.8) is 0 Å². The highest BCUT2D eigenvalue weighted by atomic mass is 32.2. The summed E-state index contributed by atoms with van der Waals surface area (Å²) in [5.41, 5.74) is 1.00. The van der Waals surface area contributed by atoms with Crippen LogP contribution in [-0.4, -0.2) is 45.3 Å². The van der Waals surface area contributed by atoms with Crippen LogP contribution in [0.15, 0.2) is 29.3 Å². The summed E-state index contributed by atoms with van der Waals surface area (Å²) in [4.78, 5) is 22.8. The highest BCUT2D eigenvalue weighted by Gasteiger charge is 2.15. The molecule has 2 aromatic rings. The zero-order valence-electron chi connectivity index (χ0n) is 11.6. The number of carbonyl (C=O) groups excluding carboxylic acids is 1. The predicted molar refractivity (Wildman–Crippen MR) is 93.3 cm³/mol. The second-order valence-electron chi connectivity index (χ2n) is 4.61. The third kappa shape index (κ3) is 3.78. The molecule has 21 heavy (non-hydrogen) atoms. The Morgan fingerprint density at radius 1 is 1.43 bits per heavy atom. The number of hydrogen-bond acceptors (Lipinski definition) is 6. The van der Waals surface area contributed by atoms with Gasteiger partial charge in [0.05, 0.1) is 29.1 Å². The molecule has 0 aliphatic carbocycles. The molecule has 4 nitrogen and oxygen atoms in total. The van der Waals surface area contributed by atoms with Crippen LogP contribution in [0.2, 0.25) is 0 Å². The Morgan fingerprint density at radius 2 is 2.29 bits per heavy atom. The first-order chi connectivity index (χ1) is 10.2. The normalized spacial score (nSPS) is 14.4. The number of thioether (sulfide) groups is 2. The van der Waals surface area contributed by atoms with Crippen LogP contribution in [0.25, 0.3) is 10.2 Å². The van der Waals surface area contributed by atoms with Gasteiger partial charge in [-0.3, -0.25) is 9.79 Å². The minimum atomic E-state index is 0.120. The van der Waals surface area contributed by atoms with Gasteiger partial charge in [0.1, 0.15) is 9.38 Å². The number of amides is 1. The number of benzene rings is 1. The zero-order valence-corrected chi connectivity index (χ0v) is 14.1. The maximum atomic E-state index is 12.1. The third-order valence-electron chi connectivity index (χ3n) is 3.01. The summed E-state index contributed by atoms with van der Waals surface area (Å²) in [7, 11) is 1.83. The molecule has 0 N–H and O–H groups in total. The summed E-state index contributed by atoms with van der Waals surface area (Å²) in [5.74, 6) is 1.61. The Balaban J connectivity index is 1.57. The molecule has 2 heterocycles. The molecule has 0 radical (unpaired) electrons. The molecule has 0 unspecified atom stereocenters. The minimum Gasteiger partial charge on any atom is -0.338 e. The zero-order chi connectivity index (χ0) is 14.7. The molecule has 0 fully saturated rings. The van der Waals surface area contributed by atoms with Crippen LogP contribution in [0, 0.1) is 0 Å². The van der Waals surface area contributed by atoms with E-state index in [-0.39, 0.29) is 5.91 Å². The summed E-state index contributed by atoms with van der Waals surface area (Å²) in [6.45, 7) is 1.45. The van der Waals surface area contributed by atoms with E-state index in [1.54, 1.807) is 39.8 Å². The van der Waals surface area contributed by atoms with E-state index in [2.05, 4.69) is 16.0 Å². The van der Waals surface area contributed by atoms with E-state index < -0.39 is 0 Å². The molecule has 3 rings (SSSR count). The smallest absolute Gasteiger partial charge is 0.233 e. The Kier molecular flexibility index (Phi) is 4.82. The van der Waals surface area contributed by atoms with E-state index in [0.717, 1.165) is 27.2 Å². The number of fused-ring (bicyclic) bond motifs is 1. The lowest BCUT2D eigenvalue weighted by Crippen LogP contribution is -2.28. The summed E-state index contributed by atoms with van der Waals surface area (Å²) in [6, 6.07) is 8.05. The van der Waals surface area contributed by atoms with E-state index in [1.165, 1.54) is 4.70 Å². The van der Waals surface area contributed by atoms with Crippen LogP contribution in [0.4, 0.5) is 0 Å². The van der Waals surface area contributed by atoms with Crippen molar-refractivity contribution < 1.29 is 4.79 Å². The predicted octanol–water partition coefficient (Wildman–Crippen LogP) is 3.09.